The van der Waals surface area contributed by atoms with Crippen molar-refractivity contribution < 1.29 is 34.1 Å². The molecule has 2 unspecified atom stereocenters. The Hall–Kier alpha value is -2.41. The van der Waals surface area contributed by atoms with E-state index in [9.17, 15) is 19.5 Å². The topological polar surface area (TPSA) is 110 Å². The Kier molecular flexibility index (Phi) is 6.74. The van der Waals surface area contributed by atoms with Crippen LogP contribution in [0.4, 0.5) is 0 Å². The monoisotopic (exact) mass is 432 g/mol. The van der Waals surface area contributed by atoms with Crippen LogP contribution in [0.15, 0.2) is 36.1 Å². The van der Waals surface area contributed by atoms with E-state index in [4.69, 9.17) is 14.6 Å². The Bertz CT molecular complexity index is 826. The number of rotatable bonds is 7. The number of carbonyl (C=O) groups excluding carboxylic acids is 2. The summed E-state index contributed by atoms with van der Waals surface area (Å²) in [5.74, 6) is -1.70. The minimum Gasteiger partial charge on any atom is -0.481 e. The van der Waals surface area contributed by atoms with Crippen LogP contribution in [-0.2, 0) is 23.9 Å². The molecule has 2 N–H and O–H groups in total. The van der Waals surface area contributed by atoms with E-state index in [1.54, 1.807) is 6.08 Å². The third-order valence-electron chi connectivity index (χ3n) is 7.71. The van der Waals surface area contributed by atoms with Gasteiger partial charge in [-0.15, -0.1) is 0 Å². The third-order valence-corrected chi connectivity index (χ3v) is 7.71. The molecule has 2 saturated carbocycles. The van der Waals surface area contributed by atoms with Crippen LogP contribution >= 0.6 is 0 Å². The van der Waals surface area contributed by atoms with Crippen LogP contribution in [0.25, 0.3) is 0 Å². The molecule has 7 heteroatoms. The van der Waals surface area contributed by atoms with E-state index in [0.717, 1.165) is 24.8 Å². The second-order valence-corrected chi connectivity index (χ2v) is 9.49. The van der Waals surface area contributed by atoms with Crippen LogP contribution < -0.4 is 0 Å². The molecule has 0 aromatic carbocycles. The third kappa shape index (κ3) is 4.47. The Morgan fingerprint density at radius 1 is 1.32 bits per heavy atom. The number of carboxylic acids is 1. The fraction of sp³-hybridized carbons (Fsp3) is 0.625. The molecule has 1 aliphatic heterocycles. The number of aliphatic hydroxyl groups excluding tert-OH is 1. The first kappa shape index (κ1) is 23.3. The fourth-order valence-electron chi connectivity index (χ4n) is 5.94. The first-order valence-electron chi connectivity index (χ1n) is 10.9. The maximum Gasteiger partial charge on any atom is 0.342 e. The molecule has 0 bridgehead atoms. The van der Waals surface area contributed by atoms with Gasteiger partial charge in [0.05, 0.1) is 31.3 Å². The lowest BCUT2D eigenvalue weighted by atomic mass is 9.46. The minimum atomic E-state index is -1.04. The maximum atomic E-state index is 12.2. The number of allylic oxidation sites excluding steroid dienone is 2. The molecular weight excluding hydrogens is 400 g/mol. The van der Waals surface area contributed by atoms with Crippen LogP contribution in [-0.4, -0.2) is 40.8 Å². The van der Waals surface area contributed by atoms with Gasteiger partial charge in [-0.05, 0) is 55.4 Å². The molecule has 170 valence electrons. The van der Waals surface area contributed by atoms with Gasteiger partial charge in [-0.25, -0.2) is 4.79 Å². The van der Waals surface area contributed by atoms with Crippen LogP contribution in [0.3, 0.4) is 0 Å². The highest BCUT2D eigenvalue weighted by Crippen LogP contribution is 2.62. The number of cyclic esters (lactones) is 1. The van der Waals surface area contributed by atoms with Crippen molar-refractivity contribution in [3.05, 3.63) is 36.1 Å². The number of carbonyl (C=O) groups is 3. The molecule has 7 nitrogen and oxygen atoms in total. The molecule has 2 fully saturated rings. The van der Waals surface area contributed by atoms with E-state index in [1.165, 1.54) is 6.26 Å². The Labute approximate surface area is 182 Å². The predicted molar refractivity (Wildman–Crippen MR) is 113 cm³/mol. The van der Waals surface area contributed by atoms with Gasteiger partial charge < -0.3 is 19.7 Å². The van der Waals surface area contributed by atoms with Crippen molar-refractivity contribution in [2.75, 3.05) is 6.61 Å². The first-order chi connectivity index (χ1) is 14.6. The molecule has 0 saturated heterocycles. The Morgan fingerprint density at radius 3 is 2.68 bits per heavy atom. The summed E-state index contributed by atoms with van der Waals surface area (Å²) in [7, 11) is 0. The smallest absolute Gasteiger partial charge is 0.342 e. The summed E-state index contributed by atoms with van der Waals surface area (Å²) in [5, 5.41) is 19.2. The molecule has 0 spiro atoms. The lowest BCUT2D eigenvalue weighted by Gasteiger charge is -2.60. The minimum absolute atomic E-state index is 0.0935. The standard InChI is InChI=1S/C24H32O7/c1-15-4-7-18-23(2,17(15)6-5-16-11-13-30-22(16)29)12-10-19(24(18,3)14-25)31-21(28)9-8-20(26)27/h5,11,13,17-19,25H,1,4,6-10,12,14H2,2-3H3,(H,26,27)/b16-5+/t17?,18?,19-,23+,24+/m1/s1. The van der Waals surface area contributed by atoms with Crippen molar-refractivity contribution in [2.24, 2.45) is 22.7 Å². The van der Waals surface area contributed by atoms with Crippen LogP contribution in [0.1, 0.15) is 58.8 Å². The summed E-state index contributed by atoms with van der Waals surface area (Å²) < 4.78 is 10.6. The van der Waals surface area contributed by atoms with Gasteiger partial charge >= 0.3 is 17.9 Å². The molecule has 0 amide bonds. The van der Waals surface area contributed by atoms with Gasteiger partial charge in [-0.2, -0.15) is 0 Å². The van der Waals surface area contributed by atoms with Gasteiger partial charge in [0.2, 0.25) is 0 Å². The predicted octanol–water partition coefficient (Wildman–Crippen LogP) is 3.53. The number of ether oxygens (including phenoxy) is 2. The molecule has 2 aliphatic carbocycles. The van der Waals surface area contributed by atoms with E-state index in [-0.39, 0.29) is 42.7 Å². The van der Waals surface area contributed by atoms with E-state index in [2.05, 4.69) is 13.5 Å². The quantitative estimate of drug-likeness (QED) is 0.360. The van der Waals surface area contributed by atoms with Crippen molar-refractivity contribution in [1.82, 2.24) is 0 Å². The zero-order valence-electron chi connectivity index (χ0n) is 18.3. The van der Waals surface area contributed by atoms with Gasteiger partial charge in [-0.1, -0.05) is 32.1 Å². The molecule has 3 aliphatic rings. The average molecular weight is 433 g/mol. The molecule has 3 rings (SSSR count). The highest BCUT2D eigenvalue weighted by molar-refractivity contribution is 5.94. The molecule has 0 radical (unpaired) electrons. The zero-order valence-corrected chi connectivity index (χ0v) is 18.3. The lowest BCUT2D eigenvalue weighted by molar-refractivity contribution is -0.187. The second kappa shape index (κ2) is 8.99. The highest BCUT2D eigenvalue weighted by atomic mass is 16.5. The summed E-state index contributed by atoms with van der Waals surface area (Å²) in [5.41, 5.74) is 0.886. The van der Waals surface area contributed by atoms with Gasteiger partial charge in [0, 0.05) is 5.41 Å². The van der Waals surface area contributed by atoms with Gasteiger partial charge in [-0.3, -0.25) is 9.59 Å². The van der Waals surface area contributed by atoms with Crippen molar-refractivity contribution in [3.63, 3.8) is 0 Å². The largest absolute Gasteiger partial charge is 0.481 e. The van der Waals surface area contributed by atoms with Crippen LogP contribution in [0.5, 0.6) is 0 Å². The second-order valence-electron chi connectivity index (χ2n) is 9.49. The van der Waals surface area contributed by atoms with Gasteiger partial charge in [0.15, 0.2) is 0 Å². The van der Waals surface area contributed by atoms with Crippen LogP contribution in [0.2, 0.25) is 0 Å². The summed E-state index contributed by atoms with van der Waals surface area (Å²) in [4.78, 5) is 34.8. The number of aliphatic carboxylic acids is 1. The Balaban J connectivity index is 1.80. The van der Waals surface area contributed by atoms with E-state index < -0.39 is 23.5 Å². The SMILES string of the molecule is C=C1CCC2[C@@](C)(CC[C@@H](OC(=O)CCC(=O)O)[C@@]2(C)CO)C1C/C=C1\C=COC1=O. The number of hydrogen-bond acceptors (Lipinski definition) is 6. The summed E-state index contributed by atoms with van der Waals surface area (Å²) in [6, 6.07) is 0. The average Bonchev–Trinajstić information content (AvgIpc) is 3.13. The molecule has 0 aromatic heterocycles. The van der Waals surface area contributed by atoms with Crippen molar-refractivity contribution in [3.8, 4) is 0 Å². The number of esters is 2. The number of carboxylic acid groups (broad SMARTS) is 1. The highest BCUT2D eigenvalue weighted by Gasteiger charge is 2.58. The summed E-state index contributed by atoms with van der Waals surface area (Å²) in [6.45, 7) is 8.36. The van der Waals surface area contributed by atoms with Crippen molar-refractivity contribution >= 4 is 17.9 Å². The molecule has 0 aromatic rings. The lowest BCUT2D eigenvalue weighted by Crippen LogP contribution is -2.58. The van der Waals surface area contributed by atoms with Crippen molar-refractivity contribution in [2.45, 2.75) is 64.9 Å². The zero-order chi connectivity index (χ0) is 22.8. The van der Waals surface area contributed by atoms with Gasteiger partial charge in [0.1, 0.15) is 6.10 Å². The molecule has 31 heavy (non-hydrogen) atoms. The van der Waals surface area contributed by atoms with Crippen molar-refractivity contribution in [1.29, 1.82) is 0 Å². The summed E-state index contributed by atoms with van der Waals surface area (Å²) in [6.07, 6.45) is 7.74. The fourth-order valence-corrected chi connectivity index (χ4v) is 5.94. The molecule has 1 heterocycles. The van der Waals surface area contributed by atoms with Crippen LogP contribution in [0, 0.1) is 22.7 Å². The maximum absolute atomic E-state index is 12.2. The molecular formula is C24H32O7. The van der Waals surface area contributed by atoms with E-state index >= 15 is 0 Å². The van der Waals surface area contributed by atoms with Gasteiger partial charge in [0.25, 0.3) is 0 Å². The number of fused-ring (bicyclic) bond motifs is 1. The number of aliphatic hydroxyl groups is 1. The van der Waals surface area contributed by atoms with E-state index in [0.29, 0.717) is 18.4 Å². The normalized spacial score (nSPS) is 36.2. The number of hydrogen-bond donors (Lipinski definition) is 2. The summed E-state index contributed by atoms with van der Waals surface area (Å²) >= 11 is 0. The Morgan fingerprint density at radius 2 is 2.06 bits per heavy atom. The first-order valence-corrected chi connectivity index (χ1v) is 10.9. The van der Waals surface area contributed by atoms with E-state index in [1.807, 2.05) is 13.0 Å². The molecule has 5 atom stereocenters.